The molecule has 3 rings (SSSR count). The number of hydrogen-bond acceptors (Lipinski definition) is 5. The van der Waals surface area contributed by atoms with Crippen LogP contribution >= 0.6 is 0 Å². The van der Waals surface area contributed by atoms with Gasteiger partial charge in [-0.05, 0) is 12.1 Å². The number of fused-ring (bicyclic) bond motifs is 1. The lowest BCUT2D eigenvalue weighted by Gasteiger charge is -2.20. The molecule has 0 amide bonds. The van der Waals surface area contributed by atoms with Crippen LogP contribution in [0.4, 0.5) is 5.82 Å². The van der Waals surface area contributed by atoms with Gasteiger partial charge in [0, 0.05) is 14.1 Å². The van der Waals surface area contributed by atoms with Gasteiger partial charge in [-0.15, -0.1) is 0 Å². The van der Waals surface area contributed by atoms with E-state index in [1.807, 2.05) is 31.1 Å². The lowest BCUT2D eigenvalue weighted by molar-refractivity contribution is -0.0931. The first-order valence-corrected chi connectivity index (χ1v) is 5.97. The van der Waals surface area contributed by atoms with E-state index >= 15 is 0 Å². The third kappa shape index (κ3) is 2.04. The predicted octanol–water partition coefficient (Wildman–Crippen LogP) is 1.11. The van der Waals surface area contributed by atoms with Crippen LogP contribution in [0.5, 0.6) is 0 Å². The first-order chi connectivity index (χ1) is 8.74. The number of rotatable bonds is 2. The van der Waals surface area contributed by atoms with Gasteiger partial charge in [-0.1, -0.05) is 0 Å². The highest BCUT2D eigenvalue weighted by molar-refractivity contribution is 5.73. The first kappa shape index (κ1) is 11.4. The summed E-state index contributed by atoms with van der Waals surface area (Å²) < 4.78 is 11.0. The summed E-state index contributed by atoms with van der Waals surface area (Å²) in [6.45, 7) is 1.80. The Morgan fingerprint density at radius 3 is 2.89 bits per heavy atom. The van der Waals surface area contributed by atoms with E-state index in [1.165, 1.54) is 0 Å². The number of pyridine rings is 1. The summed E-state index contributed by atoms with van der Waals surface area (Å²) in [5.74, 6) is 1.68. The molecule has 0 aromatic carbocycles. The maximum atomic E-state index is 5.61. The standard InChI is InChI=1S/C12H16N4O2/c1-16(2)10-4-3-8-11(14-10)15-12(13-8)9-7-17-5-6-18-9/h3-4,9H,5-7H2,1-2H3,(H,13,14,15). The van der Waals surface area contributed by atoms with E-state index in [0.717, 1.165) is 17.2 Å². The van der Waals surface area contributed by atoms with Gasteiger partial charge in [0.1, 0.15) is 17.7 Å². The number of nitrogens with zero attached hydrogens (tertiary/aromatic N) is 3. The molecule has 0 aliphatic carbocycles. The Hall–Kier alpha value is -1.66. The minimum absolute atomic E-state index is 0.115. The number of hydrogen-bond donors (Lipinski definition) is 1. The Morgan fingerprint density at radius 1 is 1.28 bits per heavy atom. The number of aromatic amines is 1. The normalized spacial score (nSPS) is 20.2. The molecule has 0 saturated carbocycles. The van der Waals surface area contributed by atoms with Gasteiger partial charge in [-0.3, -0.25) is 0 Å². The summed E-state index contributed by atoms with van der Waals surface area (Å²) in [5.41, 5.74) is 1.63. The molecular formula is C12H16N4O2. The fourth-order valence-electron chi connectivity index (χ4n) is 1.95. The Balaban J connectivity index is 1.94. The van der Waals surface area contributed by atoms with Gasteiger partial charge in [0.15, 0.2) is 5.65 Å². The predicted molar refractivity (Wildman–Crippen MR) is 67.7 cm³/mol. The van der Waals surface area contributed by atoms with Crippen molar-refractivity contribution in [1.82, 2.24) is 15.0 Å². The van der Waals surface area contributed by atoms with Gasteiger partial charge < -0.3 is 19.4 Å². The minimum Gasteiger partial charge on any atom is -0.376 e. The topological polar surface area (TPSA) is 63.3 Å². The fraction of sp³-hybridized carbons (Fsp3) is 0.500. The van der Waals surface area contributed by atoms with Gasteiger partial charge in [0.05, 0.1) is 25.3 Å². The number of H-pyrrole nitrogens is 1. The van der Waals surface area contributed by atoms with E-state index in [-0.39, 0.29) is 6.10 Å². The van der Waals surface area contributed by atoms with Crippen molar-refractivity contribution in [3.05, 3.63) is 18.0 Å². The molecule has 6 heteroatoms. The minimum atomic E-state index is -0.115. The van der Waals surface area contributed by atoms with Crippen molar-refractivity contribution < 1.29 is 9.47 Å². The first-order valence-electron chi connectivity index (χ1n) is 5.97. The SMILES string of the molecule is CN(C)c1ccc2[nH]c(C3COCCO3)nc2n1. The second kappa shape index (κ2) is 4.55. The maximum absolute atomic E-state index is 5.61. The highest BCUT2D eigenvalue weighted by Crippen LogP contribution is 2.21. The summed E-state index contributed by atoms with van der Waals surface area (Å²) in [7, 11) is 3.92. The lowest BCUT2D eigenvalue weighted by Crippen LogP contribution is -2.22. The zero-order valence-corrected chi connectivity index (χ0v) is 10.5. The molecular weight excluding hydrogens is 232 g/mol. The molecule has 3 heterocycles. The van der Waals surface area contributed by atoms with Gasteiger partial charge >= 0.3 is 0 Å². The van der Waals surface area contributed by atoms with Gasteiger partial charge in [-0.2, -0.15) is 0 Å². The molecule has 18 heavy (non-hydrogen) atoms. The Bertz CT molecular complexity index is 546. The van der Waals surface area contributed by atoms with E-state index < -0.39 is 0 Å². The molecule has 1 fully saturated rings. The molecule has 1 N–H and O–H groups in total. The van der Waals surface area contributed by atoms with Crippen LogP contribution in [-0.4, -0.2) is 48.9 Å². The number of ether oxygens (including phenoxy) is 2. The lowest BCUT2D eigenvalue weighted by atomic mass is 10.3. The monoisotopic (exact) mass is 248 g/mol. The summed E-state index contributed by atoms with van der Waals surface area (Å²) in [5, 5.41) is 0. The average molecular weight is 248 g/mol. The van der Waals surface area contributed by atoms with Crippen LogP contribution in [0.1, 0.15) is 11.9 Å². The van der Waals surface area contributed by atoms with Crippen molar-refractivity contribution in [2.24, 2.45) is 0 Å². The maximum Gasteiger partial charge on any atom is 0.179 e. The quantitative estimate of drug-likeness (QED) is 0.862. The van der Waals surface area contributed by atoms with Crippen LogP contribution in [0.2, 0.25) is 0 Å². The van der Waals surface area contributed by atoms with Crippen molar-refractivity contribution in [2.75, 3.05) is 38.8 Å². The second-order valence-electron chi connectivity index (χ2n) is 4.49. The number of aromatic nitrogens is 3. The Kier molecular flexibility index (Phi) is 2.89. The van der Waals surface area contributed by atoms with E-state index in [4.69, 9.17) is 9.47 Å². The molecule has 1 aliphatic rings. The van der Waals surface area contributed by atoms with Crippen molar-refractivity contribution in [2.45, 2.75) is 6.10 Å². The summed E-state index contributed by atoms with van der Waals surface area (Å²) >= 11 is 0. The zero-order valence-electron chi connectivity index (χ0n) is 10.5. The molecule has 1 unspecified atom stereocenters. The highest BCUT2D eigenvalue weighted by atomic mass is 16.6. The molecule has 6 nitrogen and oxygen atoms in total. The highest BCUT2D eigenvalue weighted by Gasteiger charge is 2.20. The Labute approximate surface area is 105 Å². The van der Waals surface area contributed by atoms with E-state index in [0.29, 0.717) is 25.5 Å². The van der Waals surface area contributed by atoms with E-state index in [2.05, 4.69) is 15.0 Å². The van der Waals surface area contributed by atoms with Crippen LogP contribution in [0.15, 0.2) is 12.1 Å². The Morgan fingerprint density at radius 2 is 2.17 bits per heavy atom. The molecule has 0 radical (unpaired) electrons. The largest absolute Gasteiger partial charge is 0.376 e. The third-order valence-corrected chi connectivity index (χ3v) is 2.93. The van der Waals surface area contributed by atoms with Crippen molar-refractivity contribution >= 4 is 17.0 Å². The number of nitrogens with one attached hydrogen (secondary N) is 1. The molecule has 2 aromatic rings. The summed E-state index contributed by atoms with van der Waals surface area (Å²) in [6.07, 6.45) is -0.115. The van der Waals surface area contributed by atoms with Crippen LogP contribution in [0.3, 0.4) is 0 Å². The molecule has 1 saturated heterocycles. The molecule has 1 aliphatic heterocycles. The molecule has 0 bridgehead atoms. The zero-order chi connectivity index (χ0) is 12.5. The van der Waals surface area contributed by atoms with Crippen LogP contribution in [0, 0.1) is 0 Å². The van der Waals surface area contributed by atoms with Gasteiger partial charge in [0.2, 0.25) is 0 Å². The van der Waals surface area contributed by atoms with Crippen molar-refractivity contribution in [3.8, 4) is 0 Å². The smallest absolute Gasteiger partial charge is 0.179 e. The van der Waals surface area contributed by atoms with Crippen molar-refractivity contribution in [3.63, 3.8) is 0 Å². The molecule has 2 aromatic heterocycles. The van der Waals surface area contributed by atoms with E-state index in [1.54, 1.807) is 0 Å². The number of imidazole rings is 1. The second-order valence-corrected chi connectivity index (χ2v) is 4.49. The fourth-order valence-corrected chi connectivity index (χ4v) is 1.95. The molecule has 0 spiro atoms. The van der Waals surface area contributed by atoms with Crippen LogP contribution < -0.4 is 4.90 Å². The number of anilines is 1. The average Bonchev–Trinajstić information content (AvgIpc) is 2.82. The van der Waals surface area contributed by atoms with Crippen molar-refractivity contribution in [1.29, 1.82) is 0 Å². The molecule has 1 atom stereocenters. The van der Waals surface area contributed by atoms with Crippen LogP contribution in [0.25, 0.3) is 11.2 Å². The van der Waals surface area contributed by atoms with Gasteiger partial charge in [0.25, 0.3) is 0 Å². The molecule has 96 valence electrons. The van der Waals surface area contributed by atoms with E-state index in [9.17, 15) is 0 Å². The van der Waals surface area contributed by atoms with Gasteiger partial charge in [-0.25, -0.2) is 9.97 Å². The van der Waals surface area contributed by atoms with Crippen LogP contribution in [-0.2, 0) is 9.47 Å². The summed E-state index contributed by atoms with van der Waals surface area (Å²) in [4.78, 5) is 14.1. The summed E-state index contributed by atoms with van der Waals surface area (Å²) in [6, 6.07) is 3.94. The third-order valence-electron chi connectivity index (χ3n) is 2.93.